The van der Waals surface area contributed by atoms with Crippen molar-refractivity contribution in [2.24, 2.45) is 0 Å². The maximum absolute atomic E-state index is 12.0. The van der Waals surface area contributed by atoms with E-state index in [1.165, 1.54) is 6.42 Å². The van der Waals surface area contributed by atoms with Crippen molar-refractivity contribution in [2.75, 3.05) is 5.75 Å². The van der Waals surface area contributed by atoms with E-state index in [4.69, 9.17) is 0 Å². The van der Waals surface area contributed by atoms with Crippen LogP contribution in [0.5, 0.6) is 0 Å². The highest BCUT2D eigenvalue weighted by atomic mass is 32.2. The Morgan fingerprint density at radius 2 is 1.86 bits per heavy atom. The molecule has 1 aliphatic heterocycles. The molecule has 0 aromatic carbocycles. The van der Waals surface area contributed by atoms with Crippen LogP contribution in [0.4, 0.5) is 0 Å². The zero-order chi connectivity index (χ0) is 10.4. The average Bonchev–Trinajstić information content (AvgIpc) is 2.00. The molecular weight excluding hydrogens is 198 g/mol. The molecule has 1 N–H and O–H groups in total. The lowest BCUT2D eigenvalue weighted by Gasteiger charge is -2.44. The van der Waals surface area contributed by atoms with Gasteiger partial charge in [0.25, 0.3) is 0 Å². The molecule has 0 bridgehead atoms. The molecule has 3 nitrogen and oxygen atoms in total. The molecule has 0 aromatic rings. The van der Waals surface area contributed by atoms with Crippen molar-refractivity contribution in [3.05, 3.63) is 0 Å². The van der Waals surface area contributed by atoms with E-state index in [2.05, 4.69) is 5.32 Å². The summed E-state index contributed by atoms with van der Waals surface area (Å²) in [5, 5.41) is 3.36. The highest BCUT2D eigenvalue weighted by molar-refractivity contribution is 7.92. The van der Waals surface area contributed by atoms with Crippen molar-refractivity contribution >= 4 is 9.84 Å². The van der Waals surface area contributed by atoms with E-state index in [1.54, 1.807) is 0 Å². The Morgan fingerprint density at radius 1 is 1.21 bits per heavy atom. The molecule has 0 amide bonds. The summed E-state index contributed by atoms with van der Waals surface area (Å²) in [6.45, 7) is 3.96. The van der Waals surface area contributed by atoms with Crippen LogP contribution in [0.15, 0.2) is 0 Å². The fraction of sp³-hybridized carbons (Fsp3) is 1.00. The second-order valence-electron chi connectivity index (χ2n) is 5.26. The Balaban J connectivity index is 2.27. The fourth-order valence-electron chi connectivity index (χ4n) is 2.85. The summed E-state index contributed by atoms with van der Waals surface area (Å²) in [7, 11) is -2.85. The number of hydrogen-bond acceptors (Lipinski definition) is 3. The van der Waals surface area contributed by atoms with Gasteiger partial charge in [0.05, 0.1) is 11.0 Å². The number of nitrogens with one attached hydrogen (secondary N) is 1. The van der Waals surface area contributed by atoms with Crippen LogP contribution < -0.4 is 5.32 Å². The van der Waals surface area contributed by atoms with E-state index < -0.39 is 9.84 Å². The smallest absolute Gasteiger partial charge is 0.156 e. The first-order valence-corrected chi connectivity index (χ1v) is 7.12. The van der Waals surface area contributed by atoms with Crippen molar-refractivity contribution in [3.63, 3.8) is 0 Å². The first kappa shape index (κ1) is 10.4. The third-order valence-electron chi connectivity index (χ3n) is 3.30. The molecule has 0 radical (unpaired) electrons. The number of hydrogen-bond donors (Lipinski definition) is 1. The fourth-order valence-corrected chi connectivity index (χ4v) is 5.38. The summed E-state index contributed by atoms with van der Waals surface area (Å²) in [6, 6.07) is 0.206. The lowest BCUT2D eigenvalue weighted by atomic mass is 9.92. The van der Waals surface area contributed by atoms with E-state index in [9.17, 15) is 8.42 Å². The van der Waals surface area contributed by atoms with E-state index in [0.29, 0.717) is 5.75 Å². The summed E-state index contributed by atoms with van der Waals surface area (Å²) >= 11 is 0. The van der Waals surface area contributed by atoms with Crippen LogP contribution in [0.2, 0.25) is 0 Å². The Bertz CT molecular complexity index is 321. The standard InChI is InChI=1S/C10H19NO2S/c1-10(2)7-14(12,13)9-6-4-3-5-8(9)11-10/h8-9,11H,3-7H2,1-2H3. The van der Waals surface area contributed by atoms with Crippen molar-refractivity contribution in [1.29, 1.82) is 0 Å². The summed E-state index contributed by atoms with van der Waals surface area (Å²) in [4.78, 5) is 0. The summed E-state index contributed by atoms with van der Waals surface area (Å²) in [5.41, 5.74) is -0.239. The minimum atomic E-state index is -2.85. The Morgan fingerprint density at radius 3 is 2.57 bits per heavy atom. The van der Waals surface area contributed by atoms with Gasteiger partial charge in [-0.1, -0.05) is 12.8 Å². The van der Waals surface area contributed by atoms with Gasteiger partial charge >= 0.3 is 0 Å². The van der Waals surface area contributed by atoms with Crippen molar-refractivity contribution in [2.45, 2.75) is 56.4 Å². The third kappa shape index (κ3) is 1.82. The lowest BCUT2D eigenvalue weighted by Crippen LogP contribution is -2.63. The first-order chi connectivity index (χ1) is 6.41. The number of fused-ring (bicyclic) bond motifs is 1. The number of sulfone groups is 1. The molecule has 2 rings (SSSR count). The van der Waals surface area contributed by atoms with Gasteiger partial charge in [0.15, 0.2) is 9.84 Å². The van der Waals surface area contributed by atoms with Gasteiger partial charge in [-0.25, -0.2) is 8.42 Å². The molecule has 1 aliphatic carbocycles. The van der Waals surface area contributed by atoms with Crippen molar-refractivity contribution in [1.82, 2.24) is 5.32 Å². The Labute approximate surface area is 86.2 Å². The minimum Gasteiger partial charge on any atom is -0.307 e. The minimum absolute atomic E-state index is 0.107. The van der Waals surface area contributed by atoms with Gasteiger partial charge in [0.1, 0.15) is 0 Å². The van der Waals surface area contributed by atoms with Gasteiger partial charge in [-0.3, -0.25) is 0 Å². The highest BCUT2D eigenvalue weighted by Crippen LogP contribution is 2.31. The highest BCUT2D eigenvalue weighted by Gasteiger charge is 2.44. The zero-order valence-electron chi connectivity index (χ0n) is 8.91. The van der Waals surface area contributed by atoms with Gasteiger partial charge in [0.2, 0.25) is 0 Å². The molecule has 2 aliphatic rings. The van der Waals surface area contributed by atoms with Crippen LogP contribution in [-0.2, 0) is 9.84 Å². The zero-order valence-corrected chi connectivity index (χ0v) is 9.73. The molecule has 1 saturated carbocycles. The van der Waals surface area contributed by atoms with Gasteiger partial charge < -0.3 is 5.32 Å². The van der Waals surface area contributed by atoms with Gasteiger partial charge in [-0.15, -0.1) is 0 Å². The second kappa shape index (κ2) is 3.20. The van der Waals surface area contributed by atoms with Crippen molar-refractivity contribution < 1.29 is 8.42 Å². The quantitative estimate of drug-likeness (QED) is 0.661. The lowest BCUT2D eigenvalue weighted by molar-refractivity contribution is 0.277. The summed E-state index contributed by atoms with van der Waals surface area (Å²) in [6.07, 6.45) is 4.12. The summed E-state index contributed by atoms with van der Waals surface area (Å²) < 4.78 is 24.0. The van der Waals surface area contributed by atoms with Crippen molar-refractivity contribution in [3.8, 4) is 0 Å². The number of rotatable bonds is 0. The molecule has 14 heavy (non-hydrogen) atoms. The summed E-state index contributed by atoms with van der Waals surface area (Å²) in [5.74, 6) is 0.293. The van der Waals surface area contributed by atoms with Gasteiger partial charge in [-0.2, -0.15) is 0 Å². The van der Waals surface area contributed by atoms with E-state index >= 15 is 0 Å². The monoisotopic (exact) mass is 217 g/mol. The van der Waals surface area contributed by atoms with Crippen LogP contribution >= 0.6 is 0 Å². The van der Waals surface area contributed by atoms with Crippen LogP contribution in [0.3, 0.4) is 0 Å². The van der Waals surface area contributed by atoms with Gasteiger partial charge in [-0.05, 0) is 26.7 Å². The predicted molar refractivity (Wildman–Crippen MR) is 57.0 cm³/mol. The molecule has 0 spiro atoms. The molecule has 2 atom stereocenters. The molecule has 0 aromatic heterocycles. The predicted octanol–water partition coefficient (Wildman–Crippen LogP) is 1.09. The van der Waals surface area contributed by atoms with Gasteiger partial charge in [0, 0.05) is 11.6 Å². The SMILES string of the molecule is CC1(C)CS(=O)(=O)C2CCCCC2N1. The molecular formula is C10H19NO2S. The molecule has 2 unspecified atom stereocenters. The Hall–Kier alpha value is -0.0900. The van der Waals surface area contributed by atoms with Crippen LogP contribution in [-0.4, -0.2) is 31.0 Å². The third-order valence-corrected chi connectivity index (χ3v) is 5.91. The topological polar surface area (TPSA) is 46.2 Å². The van der Waals surface area contributed by atoms with Crippen LogP contribution in [0, 0.1) is 0 Å². The maximum atomic E-state index is 12.0. The molecule has 1 heterocycles. The van der Waals surface area contributed by atoms with E-state index in [-0.39, 0.29) is 16.8 Å². The van der Waals surface area contributed by atoms with Crippen LogP contribution in [0.1, 0.15) is 39.5 Å². The molecule has 82 valence electrons. The average molecular weight is 217 g/mol. The molecule has 4 heteroatoms. The maximum Gasteiger partial charge on any atom is 0.156 e. The Kier molecular flexibility index (Phi) is 2.39. The van der Waals surface area contributed by atoms with E-state index in [0.717, 1.165) is 19.3 Å². The largest absolute Gasteiger partial charge is 0.307 e. The van der Waals surface area contributed by atoms with E-state index in [1.807, 2.05) is 13.8 Å². The normalized spacial score (nSPS) is 40.1. The van der Waals surface area contributed by atoms with Crippen LogP contribution in [0.25, 0.3) is 0 Å². The second-order valence-corrected chi connectivity index (χ2v) is 7.48. The molecule has 1 saturated heterocycles. The molecule has 2 fully saturated rings. The first-order valence-electron chi connectivity index (χ1n) is 5.40.